The highest BCUT2D eigenvalue weighted by atomic mass is 35.5. The first-order chi connectivity index (χ1) is 16.9. The van der Waals surface area contributed by atoms with E-state index in [2.05, 4.69) is 5.32 Å². The van der Waals surface area contributed by atoms with Crippen LogP contribution in [0.2, 0.25) is 5.02 Å². The number of nitrogens with zero attached hydrogens (tertiary/aromatic N) is 1. The number of ether oxygens (including phenoxy) is 1. The van der Waals surface area contributed by atoms with Crippen LogP contribution >= 0.6 is 11.6 Å². The number of halogens is 1. The summed E-state index contributed by atoms with van der Waals surface area (Å²) in [7, 11) is 0. The molecule has 0 heterocycles. The molecule has 0 aliphatic heterocycles. The summed E-state index contributed by atoms with van der Waals surface area (Å²) in [5.74, 6) is 0.0590. The van der Waals surface area contributed by atoms with E-state index in [4.69, 9.17) is 16.3 Å². The predicted octanol–water partition coefficient (Wildman–Crippen LogP) is 5.58. The maximum absolute atomic E-state index is 13.6. The normalized spacial score (nSPS) is 12.5. The van der Waals surface area contributed by atoms with Gasteiger partial charge in [-0.25, -0.2) is 0 Å². The number of hydrogen-bond donors (Lipinski definition) is 1. The van der Waals surface area contributed by atoms with E-state index in [1.807, 2.05) is 75.4 Å². The lowest BCUT2D eigenvalue weighted by atomic mass is 10.0. The second kappa shape index (κ2) is 13.0. The first-order valence-corrected chi connectivity index (χ1v) is 12.3. The first-order valence-electron chi connectivity index (χ1n) is 11.9. The summed E-state index contributed by atoms with van der Waals surface area (Å²) in [6, 6.07) is 24.0. The van der Waals surface area contributed by atoms with Crippen LogP contribution in [0.25, 0.3) is 0 Å². The Morgan fingerprint density at radius 2 is 1.69 bits per heavy atom. The Hall–Kier alpha value is -3.31. The van der Waals surface area contributed by atoms with Crippen molar-refractivity contribution < 1.29 is 14.3 Å². The molecule has 0 saturated heterocycles. The third-order valence-electron chi connectivity index (χ3n) is 5.87. The zero-order valence-corrected chi connectivity index (χ0v) is 21.3. The van der Waals surface area contributed by atoms with Gasteiger partial charge in [0.2, 0.25) is 5.91 Å². The lowest BCUT2D eigenvalue weighted by Gasteiger charge is -2.32. The average Bonchev–Trinajstić information content (AvgIpc) is 2.85. The Labute approximate surface area is 213 Å². The van der Waals surface area contributed by atoms with Gasteiger partial charge in [0, 0.05) is 24.0 Å². The second-order valence-electron chi connectivity index (χ2n) is 8.78. The van der Waals surface area contributed by atoms with Crippen molar-refractivity contribution in [1.29, 1.82) is 0 Å². The Morgan fingerprint density at radius 1 is 0.971 bits per heavy atom. The molecular weight excluding hydrogens is 460 g/mol. The highest BCUT2D eigenvalue weighted by Crippen LogP contribution is 2.19. The molecule has 6 heteroatoms. The Kier molecular flexibility index (Phi) is 9.74. The number of carbonyl (C=O) groups excluding carboxylic acids is 2. The van der Waals surface area contributed by atoms with Crippen LogP contribution in [0.15, 0.2) is 78.9 Å². The highest BCUT2D eigenvalue weighted by molar-refractivity contribution is 6.30. The molecule has 0 bridgehead atoms. The molecule has 0 aliphatic carbocycles. The molecule has 3 aromatic rings. The van der Waals surface area contributed by atoms with Gasteiger partial charge in [0.15, 0.2) is 6.61 Å². The molecule has 2 atom stereocenters. The van der Waals surface area contributed by atoms with Gasteiger partial charge in [0.1, 0.15) is 11.8 Å². The molecule has 0 aliphatic rings. The largest absolute Gasteiger partial charge is 0.484 e. The Bertz CT molecular complexity index is 1120. The highest BCUT2D eigenvalue weighted by Gasteiger charge is 2.31. The summed E-state index contributed by atoms with van der Waals surface area (Å²) in [4.78, 5) is 28.7. The number of aryl methyl sites for hydroxylation is 1. The number of hydrogen-bond acceptors (Lipinski definition) is 3. The zero-order chi connectivity index (χ0) is 25.2. The van der Waals surface area contributed by atoms with Crippen LogP contribution in [0.4, 0.5) is 0 Å². The van der Waals surface area contributed by atoms with Crippen LogP contribution in [0.3, 0.4) is 0 Å². The maximum atomic E-state index is 13.6. The van der Waals surface area contributed by atoms with Crippen molar-refractivity contribution in [2.45, 2.75) is 52.2 Å². The molecule has 0 saturated carbocycles. The van der Waals surface area contributed by atoms with Crippen molar-refractivity contribution in [1.82, 2.24) is 10.2 Å². The van der Waals surface area contributed by atoms with Crippen LogP contribution in [-0.4, -0.2) is 35.4 Å². The lowest BCUT2D eigenvalue weighted by molar-refractivity contribution is -0.143. The number of benzene rings is 3. The van der Waals surface area contributed by atoms with E-state index >= 15 is 0 Å². The van der Waals surface area contributed by atoms with Crippen molar-refractivity contribution in [2.24, 2.45) is 0 Å². The molecule has 35 heavy (non-hydrogen) atoms. The van der Waals surface area contributed by atoms with Crippen molar-refractivity contribution in [3.63, 3.8) is 0 Å². The van der Waals surface area contributed by atoms with E-state index in [-0.39, 0.29) is 24.5 Å². The summed E-state index contributed by atoms with van der Waals surface area (Å²) in [5, 5.41) is 3.60. The Balaban J connectivity index is 1.91. The van der Waals surface area contributed by atoms with Crippen LogP contribution in [-0.2, 0) is 22.6 Å². The van der Waals surface area contributed by atoms with E-state index in [0.717, 1.165) is 23.1 Å². The van der Waals surface area contributed by atoms with Crippen LogP contribution in [0.1, 0.15) is 37.0 Å². The van der Waals surface area contributed by atoms with E-state index in [0.29, 0.717) is 23.7 Å². The minimum absolute atomic E-state index is 0.000550. The molecule has 0 spiro atoms. The summed E-state index contributed by atoms with van der Waals surface area (Å²) >= 11 is 6.06. The fraction of sp³-hybridized carbons (Fsp3) is 0.310. The fourth-order valence-electron chi connectivity index (χ4n) is 3.79. The monoisotopic (exact) mass is 492 g/mol. The van der Waals surface area contributed by atoms with Gasteiger partial charge in [0.25, 0.3) is 5.91 Å². The maximum Gasteiger partial charge on any atom is 0.261 e. The lowest BCUT2D eigenvalue weighted by Crippen LogP contribution is -2.53. The molecule has 0 fully saturated rings. The summed E-state index contributed by atoms with van der Waals surface area (Å²) in [6.45, 7) is 6.09. The van der Waals surface area contributed by atoms with Gasteiger partial charge in [-0.2, -0.15) is 0 Å². The average molecular weight is 493 g/mol. The van der Waals surface area contributed by atoms with Gasteiger partial charge < -0.3 is 15.0 Å². The van der Waals surface area contributed by atoms with Crippen molar-refractivity contribution in [3.8, 4) is 5.75 Å². The minimum atomic E-state index is -0.692. The van der Waals surface area contributed by atoms with Gasteiger partial charge in [-0.1, -0.05) is 84.8 Å². The van der Waals surface area contributed by atoms with E-state index in [1.54, 1.807) is 29.2 Å². The van der Waals surface area contributed by atoms with E-state index < -0.39 is 6.04 Å². The predicted molar refractivity (Wildman–Crippen MR) is 141 cm³/mol. The van der Waals surface area contributed by atoms with Crippen molar-refractivity contribution in [3.05, 3.63) is 101 Å². The molecular formula is C29H33ClN2O3. The van der Waals surface area contributed by atoms with Gasteiger partial charge in [-0.05, 0) is 49.6 Å². The second-order valence-corrected chi connectivity index (χ2v) is 9.22. The van der Waals surface area contributed by atoms with Crippen LogP contribution in [0.5, 0.6) is 5.75 Å². The SMILES string of the molecule is CC[C@@H](C)NC(=O)[C@H](Cc1ccccc1)N(Cc1cccc(C)c1)C(=O)COc1cccc(Cl)c1. The minimum Gasteiger partial charge on any atom is -0.484 e. The molecule has 0 unspecified atom stereocenters. The quantitative estimate of drug-likeness (QED) is 0.380. The van der Waals surface area contributed by atoms with Crippen molar-refractivity contribution >= 4 is 23.4 Å². The van der Waals surface area contributed by atoms with Gasteiger partial charge in [0.05, 0.1) is 0 Å². The van der Waals surface area contributed by atoms with Crippen LogP contribution < -0.4 is 10.1 Å². The van der Waals surface area contributed by atoms with Crippen molar-refractivity contribution in [2.75, 3.05) is 6.61 Å². The topological polar surface area (TPSA) is 58.6 Å². The molecule has 0 aromatic heterocycles. The molecule has 3 rings (SSSR count). The molecule has 0 radical (unpaired) electrons. The Morgan fingerprint density at radius 3 is 2.37 bits per heavy atom. The fourth-order valence-corrected chi connectivity index (χ4v) is 3.97. The molecule has 2 amide bonds. The third kappa shape index (κ3) is 8.15. The number of rotatable bonds is 11. The van der Waals surface area contributed by atoms with E-state index in [9.17, 15) is 9.59 Å². The van der Waals surface area contributed by atoms with E-state index in [1.165, 1.54) is 0 Å². The molecule has 3 aromatic carbocycles. The standard InChI is InChI=1S/C29H33ClN2O3/c1-4-22(3)31-29(34)27(17-23-11-6-5-7-12-23)32(19-24-13-8-10-21(2)16-24)28(33)20-35-26-15-9-14-25(30)18-26/h5-16,18,22,27H,4,17,19-20H2,1-3H3,(H,31,34)/t22-,27+/m1/s1. The third-order valence-corrected chi connectivity index (χ3v) is 6.10. The molecule has 184 valence electrons. The van der Waals surface area contributed by atoms with Gasteiger partial charge >= 0.3 is 0 Å². The number of carbonyl (C=O) groups is 2. The number of amides is 2. The summed E-state index contributed by atoms with van der Waals surface area (Å²) < 4.78 is 5.77. The molecule has 1 N–H and O–H groups in total. The zero-order valence-electron chi connectivity index (χ0n) is 20.5. The summed E-state index contributed by atoms with van der Waals surface area (Å²) in [5.41, 5.74) is 3.03. The number of nitrogens with one attached hydrogen (secondary N) is 1. The molecule has 5 nitrogen and oxygen atoms in total. The van der Waals surface area contributed by atoms with Crippen LogP contribution in [0, 0.1) is 6.92 Å². The summed E-state index contributed by atoms with van der Waals surface area (Å²) in [6.07, 6.45) is 1.20. The van der Waals surface area contributed by atoms with Gasteiger partial charge in [-0.15, -0.1) is 0 Å². The first kappa shape index (κ1) is 26.3. The smallest absolute Gasteiger partial charge is 0.261 e. The van der Waals surface area contributed by atoms with Gasteiger partial charge in [-0.3, -0.25) is 9.59 Å².